The van der Waals surface area contributed by atoms with Crippen LogP contribution in [0.15, 0.2) is 46.7 Å². The van der Waals surface area contributed by atoms with Crippen molar-refractivity contribution in [2.24, 2.45) is 0 Å². The summed E-state index contributed by atoms with van der Waals surface area (Å²) in [5.41, 5.74) is 3.80. The number of quaternary nitrogens is 2. The van der Waals surface area contributed by atoms with Crippen LogP contribution in [0.2, 0.25) is 0 Å². The molecular weight excluding hydrogens is 332 g/mol. The van der Waals surface area contributed by atoms with Crippen LogP contribution in [-0.2, 0) is 13.1 Å². The molecule has 3 aromatic rings. The summed E-state index contributed by atoms with van der Waals surface area (Å²) >= 11 is 1.52. The summed E-state index contributed by atoms with van der Waals surface area (Å²) in [4.78, 5) is 20.7. The summed E-state index contributed by atoms with van der Waals surface area (Å²) in [5, 5.41) is 1.91. The predicted octanol–water partition coefficient (Wildman–Crippen LogP) is -0.452. The average Bonchev–Trinajstić information content (AvgIpc) is 3.08. The van der Waals surface area contributed by atoms with Crippen LogP contribution in [0.25, 0.3) is 4.96 Å². The molecule has 130 valence electrons. The van der Waals surface area contributed by atoms with E-state index in [0.717, 1.165) is 36.8 Å². The largest absolute Gasteiger partial charge is 0.322 e. The molecule has 4 rings (SSSR count). The molecule has 3 heterocycles. The number of nitrogens with zero attached hydrogens (tertiary/aromatic N) is 2. The number of rotatable bonds is 4. The molecule has 6 heteroatoms. The van der Waals surface area contributed by atoms with Crippen LogP contribution in [0.5, 0.6) is 0 Å². The van der Waals surface area contributed by atoms with Crippen molar-refractivity contribution in [1.82, 2.24) is 9.38 Å². The first-order chi connectivity index (χ1) is 12.2. The molecule has 0 bridgehead atoms. The minimum atomic E-state index is 0.0319. The van der Waals surface area contributed by atoms with Crippen LogP contribution in [0.1, 0.15) is 16.8 Å². The fraction of sp³-hybridized carbons (Fsp3) is 0.368. The Morgan fingerprint density at radius 2 is 1.84 bits per heavy atom. The molecule has 1 saturated heterocycles. The molecule has 25 heavy (non-hydrogen) atoms. The van der Waals surface area contributed by atoms with Gasteiger partial charge in [-0.1, -0.05) is 24.3 Å². The third kappa shape index (κ3) is 3.66. The molecule has 5 nitrogen and oxygen atoms in total. The Hall–Kier alpha value is -2.02. The lowest BCUT2D eigenvalue weighted by atomic mass is 10.1. The van der Waals surface area contributed by atoms with Crippen LogP contribution in [-0.4, -0.2) is 35.6 Å². The molecule has 0 radical (unpaired) electrons. The second kappa shape index (κ2) is 7.07. The second-order valence-corrected chi connectivity index (χ2v) is 7.79. The van der Waals surface area contributed by atoms with Crippen molar-refractivity contribution in [1.29, 1.82) is 0 Å². The summed E-state index contributed by atoms with van der Waals surface area (Å²) in [6.45, 7) is 8.76. The topological polar surface area (TPSA) is 43.2 Å². The predicted molar refractivity (Wildman–Crippen MR) is 99.3 cm³/mol. The van der Waals surface area contributed by atoms with Crippen LogP contribution in [0, 0.1) is 6.92 Å². The van der Waals surface area contributed by atoms with Gasteiger partial charge in [-0.3, -0.25) is 9.20 Å². The number of benzene rings is 1. The Morgan fingerprint density at radius 3 is 2.60 bits per heavy atom. The number of hydrogen-bond acceptors (Lipinski definition) is 3. The van der Waals surface area contributed by atoms with Gasteiger partial charge in [-0.15, -0.1) is 11.3 Å². The standard InChI is InChI=1S/C19H22N4OS/c1-15-4-2-3-5-16(15)13-21-6-8-22(9-7-21)14-17-12-18(24)23-10-11-25-19(23)20-17/h2-5,10-12H,6-9,13-14H2,1H3/p+2. The number of thiazole rings is 1. The zero-order valence-electron chi connectivity index (χ0n) is 14.5. The summed E-state index contributed by atoms with van der Waals surface area (Å²) in [6.07, 6.45) is 1.79. The van der Waals surface area contributed by atoms with Gasteiger partial charge in [-0.2, -0.15) is 0 Å². The van der Waals surface area contributed by atoms with Gasteiger partial charge in [-0.05, 0) is 12.5 Å². The molecule has 0 spiro atoms. The number of aryl methyl sites for hydroxylation is 1. The van der Waals surface area contributed by atoms with E-state index in [0.29, 0.717) is 0 Å². The highest BCUT2D eigenvalue weighted by molar-refractivity contribution is 7.15. The number of hydrogen-bond donors (Lipinski definition) is 2. The van der Waals surface area contributed by atoms with E-state index in [1.165, 1.54) is 40.5 Å². The lowest BCUT2D eigenvalue weighted by molar-refractivity contribution is -1.02. The highest BCUT2D eigenvalue weighted by Crippen LogP contribution is 2.06. The molecule has 0 amide bonds. The fourth-order valence-electron chi connectivity index (χ4n) is 3.62. The minimum Gasteiger partial charge on any atom is -0.322 e. The molecule has 1 aliphatic rings. The lowest BCUT2D eigenvalue weighted by Gasteiger charge is -2.29. The van der Waals surface area contributed by atoms with Gasteiger partial charge >= 0.3 is 0 Å². The van der Waals surface area contributed by atoms with E-state index in [-0.39, 0.29) is 5.56 Å². The van der Waals surface area contributed by atoms with Crippen LogP contribution >= 0.6 is 11.3 Å². The van der Waals surface area contributed by atoms with Gasteiger partial charge in [0.05, 0.1) is 0 Å². The van der Waals surface area contributed by atoms with Gasteiger partial charge in [0.25, 0.3) is 5.56 Å². The van der Waals surface area contributed by atoms with Crippen LogP contribution in [0.4, 0.5) is 0 Å². The first kappa shape index (κ1) is 16.4. The molecule has 0 saturated carbocycles. The fourth-order valence-corrected chi connectivity index (χ4v) is 4.36. The maximum absolute atomic E-state index is 12.1. The zero-order chi connectivity index (χ0) is 17.2. The number of nitrogens with one attached hydrogen (secondary N) is 2. The molecule has 2 aromatic heterocycles. The summed E-state index contributed by atoms with van der Waals surface area (Å²) in [6, 6.07) is 10.4. The SMILES string of the molecule is Cc1ccccc1C[NH+]1CC[NH+](Cc2cc(=O)n3ccsc3n2)CC1. The summed E-state index contributed by atoms with van der Waals surface area (Å²) < 4.78 is 1.62. The highest BCUT2D eigenvalue weighted by atomic mass is 32.1. The monoisotopic (exact) mass is 356 g/mol. The third-order valence-electron chi connectivity index (χ3n) is 5.15. The van der Waals surface area contributed by atoms with E-state index < -0.39 is 0 Å². The maximum atomic E-state index is 12.1. The van der Waals surface area contributed by atoms with Gasteiger partial charge in [0, 0.05) is 23.2 Å². The summed E-state index contributed by atoms with van der Waals surface area (Å²) in [5.74, 6) is 0. The molecule has 0 aliphatic carbocycles. The van der Waals surface area contributed by atoms with E-state index >= 15 is 0 Å². The summed E-state index contributed by atoms with van der Waals surface area (Å²) in [7, 11) is 0. The van der Waals surface area contributed by atoms with Crippen molar-refractivity contribution < 1.29 is 9.80 Å². The van der Waals surface area contributed by atoms with Crippen LogP contribution < -0.4 is 15.4 Å². The second-order valence-electron chi connectivity index (χ2n) is 6.92. The molecular formula is C19H24N4OS+2. The molecule has 0 unspecified atom stereocenters. The van der Waals surface area contributed by atoms with Gasteiger partial charge in [0.15, 0.2) is 4.96 Å². The normalized spacial score (nSPS) is 20.8. The van der Waals surface area contributed by atoms with E-state index in [4.69, 9.17) is 0 Å². The minimum absolute atomic E-state index is 0.0319. The van der Waals surface area contributed by atoms with Crippen molar-refractivity contribution in [2.75, 3.05) is 26.2 Å². The third-order valence-corrected chi connectivity index (χ3v) is 5.91. The number of piperazine rings is 1. The molecule has 1 aliphatic heterocycles. The van der Waals surface area contributed by atoms with E-state index in [1.807, 2.05) is 5.38 Å². The number of aromatic nitrogens is 2. The van der Waals surface area contributed by atoms with Gasteiger partial charge < -0.3 is 9.80 Å². The van der Waals surface area contributed by atoms with Crippen LogP contribution in [0.3, 0.4) is 0 Å². The molecule has 1 aromatic carbocycles. The van der Waals surface area contributed by atoms with Crippen molar-refractivity contribution in [3.8, 4) is 0 Å². The molecule has 0 atom stereocenters. The Kier molecular flexibility index (Phi) is 4.65. The first-order valence-electron chi connectivity index (χ1n) is 8.86. The highest BCUT2D eigenvalue weighted by Gasteiger charge is 2.24. The van der Waals surface area contributed by atoms with E-state index in [1.54, 1.807) is 21.6 Å². The average molecular weight is 356 g/mol. The molecule has 1 fully saturated rings. The quantitative estimate of drug-likeness (QED) is 0.665. The lowest BCUT2D eigenvalue weighted by Crippen LogP contribution is -3.27. The van der Waals surface area contributed by atoms with Crippen molar-refractivity contribution in [3.63, 3.8) is 0 Å². The van der Waals surface area contributed by atoms with Crippen molar-refractivity contribution in [2.45, 2.75) is 20.0 Å². The smallest absolute Gasteiger partial charge is 0.258 e. The van der Waals surface area contributed by atoms with Gasteiger partial charge in [-0.25, -0.2) is 4.98 Å². The Bertz CT molecular complexity index is 924. The van der Waals surface area contributed by atoms with E-state index in [9.17, 15) is 4.79 Å². The van der Waals surface area contributed by atoms with Crippen molar-refractivity contribution in [3.05, 3.63) is 69.1 Å². The Labute approximate surface area is 151 Å². The zero-order valence-corrected chi connectivity index (χ0v) is 15.3. The van der Waals surface area contributed by atoms with Gasteiger partial charge in [0.2, 0.25) is 0 Å². The Morgan fingerprint density at radius 1 is 1.12 bits per heavy atom. The molecule has 2 N–H and O–H groups in total. The Balaban J connectivity index is 1.37. The maximum Gasteiger partial charge on any atom is 0.258 e. The number of fused-ring (bicyclic) bond motifs is 1. The first-order valence-corrected chi connectivity index (χ1v) is 9.74. The van der Waals surface area contributed by atoms with Gasteiger partial charge in [0.1, 0.15) is 45.0 Å². The van der Waals surface area contributed by atoms with E-state index in [2.05, 4.69) is 36.2 Å². The van der Waals surface area contributed by atoms with Crippen molar-refractivity contribution >= 4 is 16.3 Å².